The zero-order chi connectivity index (χ0) is 17.7. The van der Waals surface area contributed by atoms with E-state index in [9.17, 15) is 0 Å². The van der Waals surface area contributed by atoms with E-state index in [1.165, 1.54) is 0 Å². The molecule has 2 N–H and O–H groups in total. The molecule has 6 heteroatoms. The highest BCUT2D eigenvalue weighted by atomic mass is 79.9. The number of nitrogens with one attached hydrogen (secondary N) is 2. The Hall–Kier alpha value is -2.18. The Kier molecular flexibility index (Phi) is 3.65. The lowest BCUT2D eigenvalue weighted by Gasteiger charge is -2.32. The van der Waals surface area contributed by atoms with Crippen LogP contribution in [0.4, 0.5) is 0 Å². The summed E-state index contributed by atoms with van der Waals surface area (Å²) in [5, 5.41) is 0. The molecule has 26 heavy (non-hydrogen) atoms. The summed E-state index contributed by atoms with van der Waals surface area (Å²) in [4.78, 5) is 16.6. The number of allylic oxidation sites excluding steroid dienone is 4. The van der Waals surface area contributed by atoms with Crippen LogP contribution in [-0.2, 0) is 4.32 Å². The van der Waals surface area contributed by atoms with Crippen LogP contribution < -0.4 is 0 Å². The van der Waals surface area contributed by atoms with Gasteiger partial charge in [0.1, 0.15) is 16.0 Å². The van der Waals surface area contributed by atoms with Crippen molar-refractivity contribution >= 4 is 53.9 Å². The molecule has 2 aromatic carbocycles. The van der Waals surface area contributed by atoms with Gasteiger partial charge in [-0.2, -0.15) is 0 Å². The number of hydrogen-bond donors (Lipinski definition) is 2. The van der Waals surface area contributed by atoms with E-state index in [0.717, 1.165) is 38.2 Å². The van der Waals surface area contributed by atoms with Gasteiger partial charge in [-0.1, -0.05) is 74.4 Å². The summed E-state index contributed by atoms with van der Waals surface area (Å²) in [6, 6.07) is 16.1. The molecule has 2 unspecified atom stereocenters. The minimum absolute atomic E-state index is 0.0690. The number of benzene rings is 2. The number of nitrogens with zero attached hydrogens (tertiary/aromatic N) is 2. The summed E-state index contributed by atoms with van der Waals surface area (Å²) in [6.45, 7) is 0. The predicted octanol–water partition coefficient (Wildman–Crippen LogP) is 5.66. The van der Waals surface area contributed by atoms with E-state index in [0.29, 0.717) is 0 Å². The smallest absolute Gasteiger partial charge is 0.129 e. The number of rotatable bonds is 2. The number of halogens is 2. The minimum Gasteiger partial charge on any atom is -0.341 e. The topological polar surface area (TPSA) is 57.4 Å². The standard InChI is InChI=1S/C20H14Br2N4/c21-12-6-5-11-20(22,19-25-15-9-3-4-10-16(15)26-19)17(12)18-23-13-7-1-2-8-14(13)24-18/h1-11,17H,(H,23,24)(H,25,26). The minimum atomic E-state index is -0.534. The SMILES string of the molecule is BrC1=CC=CC(Br)(c2nc3ccccc3[nH]2)C1c1nc2ccccc2[nH]1. The van der Waals surface area contributed by atoms with E-state index in [1.54, 1.807) is 0 Å². The molecule has 4 nitrogen and oxygen atoms in total. The Bertz CT molecular complexity index is 1120. The van der Waals surface area contributed by atoms with Crippen molar-refractivity contribution in [3.8, 4) is 0 Å². The van der Waals surface area contributed by atoms with Gasteiger partial charge in [0.05, 0.1) is 28.0 Å². The van der Waals surface area contributed by atoms with Crippen molar-refractivity contribution in [1.29, 1.82) is 0 Å². The molecule has 1 aliphatic carbocycles. The van der Waals surface area contributed by atoms with Crippen LogP contribution in [0.1, 0.15) is 17.6 Å². The van der Waals surface area contributed by atoms with Crippen LogP contribution in [-0.4, -0.2) is 19.9 Å². The zero-order valence-corrected chi connectivity index (χ0v) is 16.8. The Labute approximate surface area is 166 Å². The van der Waals surface area contributed by atoms with Crippen molar-refractivity contribution in [3.05, 3.63) is 82.9 Å². The van der Waals surface area contributed by atoms with Gasteiger partial charge in [-0.15, -0.1) is 0 Å². The number of H-pyrrole nitrogens is 2. The molecule has 0 bridgehead atoms. The van der Waals surface area contributed by atoms with Gasteiger partial charge in [0.2, 0.25) is 0 Å². The van der Waals surface area contributed by atoms with Crippen molar-refractivity contribution in [1.82, 2.24) is 19.9 Å². The van der Waals surface area contributed by atoms with Crippen LogP contribution in [0.3, 0.4) is 0 Å². The fourth-order valence-electron chi connectivity index (χ4n) is 3.46. The molecular weight excluding hydrogens is 456 g/mol. The highest BCUT2D eigenvalue weighted by Gasteiger charge is 2.44. The second kappa shape index (κ2) is 5.93. The molecule has 0 saturated carbocycles. The molecule has 2 heterocycles. The first-order valence-electron chi connectivity index (χ1n) is 8.29. The monoisotopic (exact) mass is 468 g/mol. The number of imidazole rings is 2. The van der Waals surface area contributed by atoms with E-state index in [1.807, 2.05) is 54.6 Å². The second-order valence-corrected chi connectivity index (χ2v) is 8.58. The van der Waals surface area contributed by atoms with E-state index in [-0.39, 0.29) is 5.92 Å². The number of alkyl halides is 1. The van der Waals surface area contributed by atoms with Crippen molar-refractivity contribution in [2.24, 2.45) is 0 Å². The summed E-state index contributed by atoms with van der Waals surface area (Å²) in [7, 11) is 0. The Morgan fingerprint density at radius 2 is 1.54 bits per heavy atom. The highest BCUT2D eigenvalue weighted by molar-refractivity contribution is 9.12. The Balaban J connectivity index is 1.70. The molecule has 0 aliphatic heterocycles. The van der Waals surface area contributed by atoms with E-state index in [2.05, 4.69) is 54.0 Å². The quantitative estimate of drug-likeness (QED) is 0.372. The van der Waals surface area contributed by atoms with Gasteiger partial charge in [-0.05, 0) is 24.3 Å². The highest BCUT2D eigenvalue weighted by Crippen LogP contribution is 2.51. The van der Waals surface area contributed by atoms with E-state index in [4.69, 9.17) is 9.97 Å². The molecule has 2 atom stereocenters. The van der Waals surface area contributed by atoms with Crippen LogP contribution >= 0.6 is 31.9 Å². The maximum absolute atomic E-state index is 4.83. The number of para-hydroxylation sites is 4. The fraction of sp³-hybridized carbons (Fsp3) is 0.100. The third-order valence-electron chi connectivity index (χ3n) is 4.72. The van der Waals surface area contributed by atoms with Crippen LogP contribution in [0.2, 0.25) is 0 Å². The molecular formula is C20H14Br2N4. The van der Waals surface area contributed by atoms with Crippen molar-refractivity contribution in [2.75, 3.05) is 0 Å². The summed E-state index contributed by atoms with van der Waals surface area (Å²) in [5.41, 5.74) is 3.95. The molecule has 2 aromatic heterocycles. The average molecular weight is 470 g/mol. The first kappa shape index (κ1) is 16.0. The van der Waals surface area contributed by atoms with Crippen molar-refractivity contribution in [3.63, 3.8) is 0 Å². The fourth-order valence-corrected chi connectivity index (χ4v) is 5.30. The maximum atomic E-state index is 4.83. The van der Waals surface area contributed by atoms with E-state index < -0.39 is 4.32 Å². The van der Waals surface area contributed by atoms with Gasteiger partial charge >= 0.3 is 0 Å². The lowest BCUT2D eigenvalue weighted by atomic mass is 9.86. The maximum Gasteiger partial charge on any atom is 0.129 e. The first-order valence-corrected chi connectivity index (χ1v) is 9.87. The third-order valence-corrected chi connectivity index (χ3v) is 6.54. The largest absolute Gasteiger partial charge is 0.341 e. The molecule has 128 valence electrons. The molecule has 0 spiro atoms. The average Bonchev–Trinajstić information content (AvgIpc) is 3.25. The zero-order valence-electron chi connectivity index (χ0n) is 13.6. The summed E-state index contributed by atoms with van der Waals surface area (Å²) in [6.07, 6.45) is 6.21. The molecule has 4 aromatic rings. The van der Waals surface area contributed by atoms with Gasteiger partial charge in [0.25, 0.3) is 0 Å². The number of fused-ring (bicyclic) bond motifs is 2. The normalized spacial score (nSPS) is 22.8. The number of hydrogen-bond acceptors (Lipinski definition) is 2. The van der Waals surface area contributed by atoms with Crippen LogP contribution in [0.5, 0.6) is 0 Å². The molecule has 0 saturated heterocycles. The van der Waals surface area contributed by atoms with Crippen LogP contribution in [0.25, 0.3) is 22.1 Å². The lowest BCUT2D eigenvalue weighted by molar-refractivity contribution is 0.619. The first-order chi connectivity index (χ1) is 12.6. The van der Waals surface area contributed by atoms with Gasteiger partial charge in [0, 0.05) is 4.48 Å². The Morgan fingerprint density at radius 1 is 0.885 bits per heavy atom. The number of aromatic nitrogens is 4. The molecule has 0 radical (unpaired) electrons. The van der Waals surface area contributed by atoms with Crippen molar-refractivity contribution in [2.45, 2.75) is 10.2 Å². The molecule has 0 fully saturated rings. The van der Waals surface area contributed by atoms with E-state index >= 15 is 0 Å². The molecule has 0 amide bonds. The van der Waals surface area contributed by atoms with Gasteiger partial charge in [0.15, 0.2) is 0 Å². The predicted molar refractivity (Wildman–Crippen MR) is 112 cm³/mol. The van der Waals surface area contributed by atoms with Crippen LogP contribution in [0.15, 0.2) is 71.2 Å². The summed E-state index contributed by atoms with van der Waals surface area (Å²) < 4.78 is 0.504. The van der Waals surface area contributed by atoms with Crippen molar-refractivity contribution < 1.29 is 0 Å². The molecule has 1 aliphatic rings. The van der Waals surface area contributed by atoms with Gasteiger partial charge in [-0.3, -0.25) is 0 Å². The summed E-state index contributed by atoms with van der Waals surface area (Å²) >= 11 is 7.72. The van der Waals surface area contributed by atoms with Gasteiger partial charge in [-0.25, -0.2) is 9.97 Å². The molecule has 5 rings (SSSR count). The lowest BCUT2D eigenvalue weighted by Crippen LogP contribution is -2.29. The van der Waals surface area contributed by atoms with Crippen LogP contribution in [0, 0.1) is 0 Å². The Morgan fingerprint density at radius 3 is 2.23 bits per heavy atom. The second-order valence-electron chi connectivity index (χ2n) is 6.35. The van der Waals surface area contributed by atoms with Gasteiger partial charge < -0.3 is 9.97 Å². The third kappa shape index (κ3) is 2.40. The summed E-state index contributed by atoms with van der Waals surface area (Å²) in [5.74, 6) is 1.67. The number of aromatic amines is 2.